The van der Waals surface area contributed by atoms with Crippen LogP contribution in [0.5, 0.6) is 0 Å². The molecule has 1 aromatic heterocycles. The minimum Gasteiger partial charge on any atom is -0.322 e. The van der Waals surface area contributed by atoms with Gasteiger partial charge in [0.1, 0.15) is 0 Å². The molecule has 3 heteroatoms. The summed E-state index contributed by atoms with van der Waals surface area (Å²) in [5.41, 5.74) is 5.82. The SMILES string of the molecule is Cc1ccc(NC(=O)c2csc(-c3ccccc3)c2-c2ccccc2)cc1. The Balaban J connectivity index is 1.77. The number of nitrogens with one attached hydrogen (secondary N) is 1. The first-order valence-corrected chi connectivity index (χ1v) is 9.71. The zero-order valence-corrected chi connectivity index (χ0v) is 15.8. The van der Waals surface area contributed by atoms with Gasteiger partial charge in [0.25, 0.3) is 5.91 Å². The summed E-state index contributed by atoms with van der Waals surface area (Å²) in [5.74, 6) is -0.0869. The minimum absolute atomic E-state index is 0.0869. The Morgan fingerprint density at radius 1 is 0.778 bits per heavy atom. The van der Waals surface area contributed by atoms with Gasteiger partial charge in [0.05, 0.1) is 5.56 Å². The van der Waals surface area contributed by atoms with Crippen LogP contribution in [0.3, 0.4) is 0 Å². The lowest BCUT2D eigenvalue weighted by Crippen LogP contribution is -2.12. The third-order valence-electron chi connectivity index (χ3n) is 4.44. The van der Waals surface area contributed by atoms with Crippen LogP contribution in [0, 0.1) is 6.92 Å². The molecule has 0 fully saturated rings. The highest BCUT2D eigenvalue weighted by atomic mass is 32.1. The Bertz CT molecular complexity index is 1050. The Morgan fingerprint density at radius 2 is 1.37 bits per heavy atom. The van der Waals surface area contributed by atoms with Gasteiger partial charge in [0.15, 0.2) is 0 Å². The number of aryl methyl sites for hydroxylation is 1. The van der Waals surface area contributed by atoms with Crippen LogP contribution in [0.1, 0.15) is 15.9 Å². The number of carbonyl (C=O) groups is 1. The molecule has 0 atom stereocenters. The number of thiophene rings is 1. The van der Waals surface area contributed by atoms with Crippen LogP contribution in [-0.4, -0.2) is 5.91 Å². The predicted molar refractivity (Wildman–Crippen MR) is 114 cm³/mol. The lowest BCUT2D eigenvalue weighted by atomic mass is 9.98. The third kappa shape index (κ3) is 3.69. The second kappa shape index (κ2) is 7.60. The molecule has 4 rings (SSSR count). The molecule has 0 saturated carbocycles. The molecule has 0 saturated heterocycles. The van der Waals surface area contributed by atoms with Gasteiger partial charge in [-0.2, -0.15) is 0 Å². The molecule has 4 aromatic rings. The first kappa shape index (κ1) is 17.3. The monoisotopic (exact) mass is 369 g/mol. The molecule has 0 aliphatic carbocycles. The number of rotatable bonds is 4. The number of carbonyl (C=O) groups excluding carboxylic acids is 1. The number of hydrogen-bond donors (Lipinski definition) is 1. The van der Waals surface area contributed by atoms with Gasteiger partial charge in [-0.3, -0.25) is 4.79 Å². The van der Waals surface area contributed by atoms with Crippen LogP contribution in [0.15, 0.2) is 90.3 Å². The van der Waals surface area contributed by atoms with E-state index in [9.17, 15) is 4.79 Å². The number of amides is 1. The summed E-state index contributed by atoms with van der Waals surface area (Å²) in [4.78, 5) is 14.1. The molecule has 1 heterocycles. The molecule has 0 bridgehead atoms. The van der Waals surface area contributed by atoms with Crippen LogP contribution in [0.25, 0.3) is 21.6 Å². The first-order chi connectivity index (χ1) is 13.2. The highest BCUT2D eigenvalue weighted by Crippen LogP contribution is 2.40. The molecule has 27 heavy (non-hydrogen) atoms. The zero-order chi connectivity index (χ0) is 18.6. The van der Waals surface area contributed by atoms with Crippen LogP contribution in [0.2, 0.25) is 0 Å². The van der Waals surface area contributed by atoms with Gasteiger partial charge in [-0.1, -0.05) is 78.4 Å². The van der Waals surface area contributed by atoms with Crippen molar-refractivity contribution in [3.63, 3.8) is 0 Å². The van der Waals surface area contributed by atoms with E-state index in [1.165, 1.54) is 5.56 Å². The van der Waals surface area contributed by atoms with E-state index in [1.54, 1.807) is 11.3 Å². The van der Waals surface area contributed by atoms with Crippen LogP contribution < -0.4 is 5.32 Å². The van der Waals surface area contributed by atoms with E-state index in [0.29, 0.717) is 5.56 Å². The summed E-state index contributed by atoms with van der Waals surface area (Å²) in [7, 11) is 0. The van der Waals surface area contributed by atoms with Gasteiger partial charge in [0.2, 0.25) is 0 Å². The second-order valence-corrected chi connectivity index (χ2v) is 7.29. The fourth-order valence-electron chi connectivity index (χ4n) is 3.05. The smallest absolute Gasteiger partial charge is 0.257 e. The maximum Gasteiger partial charge on any atom is 0.257 e. The lowest BCUT2D eigenvalue weighted by molar-refractivity contribution is 0.102. The predicted octanol–water partition coefficient (Wildman–Crippen LogP) is 6.64. The Hall–Kier alpha value is -3.17. The van der Waals surface area contributed by atoms with Crippen molar-refractivity contribution < 1.29 is 4.79 Å². The molecule has 132 valence electrons. The normalized spacial score (nSPS) is 10.6. The molecule has 1 amide bonds. The summed E-state index contributed by atoms with van der Waals surface area (Å²) in [6.07, 6.45) is 0. The van der Waals surface area contributed by atoms with E-state index >= 15 is 0 Å². The Labute approximate surface area is 163 Å². The second-order valence-electron chi connectivity index (χ2n) is 6.41. The van der Waals surface area contributed by atoms with Crippen LogP contribution in [-0.2, 0) is 0 Å². The van der Waals surface area contributed by atoms with E-state index in [0.717, 1.165) is 27.3 Å². The first-order valence-electron chi connectivity index (χ1n) is 8.83. The van der Waals surface area contributed by atoms with E-state index in [4.69, 9.17) is 0 Å². The molecule has 2 nitrogen and oxygen atoms in total. The summed E-state index contributed by atoms with van der Waals surface area (Å²) in [6, 6.07) is 28.2. The fraction of sp³-hybridized carbons (Fsp3) is 0.0417. The fourth-order valence-corrected chi connectivity index (χ4v) is 4.13. The standard InChI is InChI=1S/C24H19NOS/c1-17-12-14-20(15-13-17)25-24(26)21-16-27-23(19-10-6-3-7-11-19)22(21)18-8-4-2-5-9-18/h2-16H,1H3,(H,25,26). The van der Waals surface area contributed by atoms with Gasteiger partial charge < -0.3 is 5.32 Å². The van der Waals surface area contributed by atoms with E-state index in [-0.39, 0.29) is 5.91 Å². The van der Waals surface area contributed by atoms with Crippen molar-refractivity contribution in [1.29, 1.82) is 0 Å². The topological polar surface area (TPSA) is 29.1 Å². The lowest BCUT2D eigenvalue weighted by Gasteiger charge is -2.10. The van der Waals surface area contributed by atoms with E-state index < -0.39 is 0 Å². The molecular formula is C24H19NOS. The Morgan fingerprint density at radius 3 is 2.00 bits per heavy atom. The average Bonchev–Trinajstić information content (AvgIpc) is 3.16. The highest BCUT2D eigenvalue weighted by molar-refractivity contribution is 7.14. The van der Waals surface area contributed by atoms with Crippen molar-refractivity contribution in [1.82, 2.24) is 0 Å². The van der Waals surface area contributed by atoms with Crippen molar-refractivity contribution >= 4 is 22.9 Å². The van der Waals surface area contributed by atoms with Crippen molar-refractivity contribution in [2.75, 3.05) is 5.32 Å². The molecule has 1 N–H and O–H groups in total. The van der Waals surface area contributed by atoms with Gasteiger partial charge in [-0.05, 0) is 30.2 Å². The van der Waals surface area contributed by atoms with Gasteiger partial charge in [-0.15, -0.1) is 11.3 Å². The molecule has 0 unspecified atom stereocenters. The van der Waals surface area contributed by atoms with Gasteiger partial charge >= 0.3 is 0 Å². The Kier molecular flexibility index (Phi) is 4.86. The van der Waals surface area contributed by atoms with Gasteiger partial charge in [-0.25, -0.2) is 0 Å². The van der Waals surface area contributed by atoms with Crippen molar-refractivity contribution in [3.8, 4) is 21.6 Å². The summed E-state index contributed by atoms with van der Waals surface area (Å²) < 4.78 is 0. The zero-order valence-electron chi connectivity index (χ0n) is 15.0. The number of hydrogen-bond acceptors (Lipinski definition) is 2. The molecule has 0 spiro atoms. The average molecular weight is 369 g/mol. The largest absolute Gasteiger partial charge is 0.322 e. The summed E-state index contributed by atoms with van der Waals surface area (Å²) >= 11 is 1.60. The molecular weight excluding hydrogens is 350 g/mol. The highest BCUT2D eigenvalue weighted by Gasteiger charge is 2.20. The molecule has 0 radical (unpaired) electrons. The van der Waals surface area contributed by atoms with Crippen molar-refractivity contribution in [2.45, 2.75) is 6.92 Å². The van der Waals surface area contributed by atoms with Crippen molar-refractivity contribution in [2.24, 2.45) is 0 Å². The molecule has 3 aromatic carbocycles. The maximum absolute atomic E-state index is 13.0. The van der Waals surface area contributed by atoms with Crippen LogP contribution >= 0.6 is 11.3 Å². The van der Waals surface area contributed by atoms with Crippen LogP contribution in [0.4, 0.5) is 5.69 Å². The third-order valence-corrected chi connectivity index (χ3v) is 5.47. The van der Waals surface area contributed by atoms with Gasteiger partial charge in [0, 0.05) is 21.5 Å². The number of anilines is 1. The maximum atomic E-state index is 13.0. The molecule has 0 aliphatic heterocycles. The summed E-state index contributed by atoms with van der Waals surface area (Å²) in [6.45, 7) is 2.03. The quantitative estimate of drug-likeness (QED) is 0.429. The van der Waals surface area contributed by atoms with E-state index in [1.807, 2.05) is 73.0 Å². The molecule has 0 aliphatic rings. The summed E-state index contributed by atoms with van der Waals surface area (Å²) in [5, 5.41) is 4.98. The number of benzene rings is 3. The van der Waals surface area contributed by atoms with Crippen molar-refractivity contribution in [3.05, 3.63) is 101 Å². The minimum atomic E-state index is -0.0869. The van der Waals surface area contributed by atoms with E-state index in [2.05, 4.69) is 29.6 Å².